The first-order chi connectivity index (χ1) is 5.74. The number of amides is 1. The predicted molar refractivity (Wildman–Crippen MR) is 52.2 cm³/mol. The monoisotopic (exact) mass is 185 g/mol. The van der Waals surface area contributed by atoms with Gasteiger partial charge in [0, 0.05) is 5.70 Å². The highest BCUT2D eigenvalue weighted by Gasteiger charge is 1.97. The lowest BCUT2D eigenvalue weighted by Gasteiger charge is -2.01. The van der Waals surface area contributed by atoms with Gasteiger partial charge in [-0.25, -0.2) is 0 Å². The molecule has 0 aliphatic rings. The largest absolute Gasteiger partial charge is 0.367 e. The summed E-state index contributed by atoms with van der Waals surface area (Å²) in [4.78, 5) is 19.2. The average Bonchev–Trinajstić information content (AvgIpc) is 2.05. The van der Waals surface area contributed by atoms with Crippen molar-refractivity contribution in [2.75, 3.05) is 0 Å². The minimum atomic E-state index is -0.726. The van der Waals surface area contributed by atoms with E-state index in [0.29, 0.717) is 5.70 Å². The fraction of sp³-hybridized carbons (Fsp3) is 0.125. The molecule has 0 fully saturated rings. The van der Waals surface area contributed by atoms with Crippen LogP contribution in [0.1, 0.15) is 6.92 Å². The van der Waals surface area contributed by atoms with Gasteiger partial charge in [-0.3, -0.25) is 4.79 Å². The Morgan fingerprint density at radius 3 is 2.75 bits per heavy atom. The van der Waals surface area contributed by atoms with Crippen LogP contribution >= 0.6 is 8.81 Å². The van der Waals surface area contributed by atoms with E-state index in [1.165, 1.54) is 0 Å². The van der Waals surface area contributed by atoms with Crippen molar-refractivity contribution in [3.8, 4) is 0 Å². The van der Waals surface area contributed by atoms with Crippen molar-refractivity contribution in [2.45, 2.75) is 6.92 Å². The predicted octanol–water partition coefficient (Wildman–Crippen LogP) is 1.93. The smallest absolute Gasteiger partial charge is 0.269 e. The quantitative estimate of drug-likeness (QED) is 0.519. The van der Waals surface area contributed by atoms with E-state index in [9.17, 15) is 4.79 Å². The van der Waals surface area contributed by atoms with Gasteiger partial charge in [-0.15, -0.1) is 0 Å². The normalized spacial score (nSPS) is 12.7. The van der Waals surface area contributed by atoms with Crippen molar-refractivity contribution >= 4 is 14.5 Å². The zero-order valence-electron chi connectivity index (χ0n) is 6.87. The molecule has 0 aromatic heterocycles. The van der Waals surface area contributed by atoms with Crippen molar-refractivity contribution in [1.29, 1.82) is 0 Å². The van der Waals surface area contributed by atoms with E-state index in [-0.39, 0.29) is 0 Å². The van der Waals surface area contributed by atoms with Gasteiger partial charge in [0.25, 0.3) is 5.65 Å². The topological polar surface area (TPSA) is 49.3 Å². The number of rotatable bonds is 4. The third-order valence-electron chi connectivity index (χ3n) is 1.00. The minimum Gasteiger partial charge on any atom is -0.367 e. The molecule has 1 unspecified atom stereocenters. The Morgan fingerprint density at radius 2 is 2.33 bits per heavy atom. The van der Waals surface area contributed by atoms with Crippen LogP contribution in [0, 0.1) is 0 Å². The lowest BCUT2D eigenvalue weighted by Crippen LogP contribution is -2.15. The second kappa shape index (κ2) is 6.77. The molecule has 0 aromatic carbocycles. The van der Waals surface area contributed by atoms with Crippen molar-refractivity contribution < 1.29 is 9.69 Å². The minimum absolute atomic E-state index is 0.402. The van der Waals surface area contributed by atoms with Gasteiger partial charge in [0.1, 0.15) is 8.81 Å². The molecule has 66 valence electrons. The summed E-state index contributed by atoms with van der Waals surface area (Å²) >= 11 is 0. The summed E-state index contributed by atoms with van der Waals surface area (Å²) in [5.41, 5.74) is 0.222. The zero-order valence-corrected chi connectivity index (χ0v) is 7.87. The zero-order chi connectivity index (χ0) is 9.40. The standard InChI is InChI=1S/C8H12NO2P/c1-3-5-7(6-4-2)9-8(10)12-11/h3-6,11-12H,1H2,2H3,(H,9,10)/b6-4-,7-5+. The van der Waals surface area contributed by atoms with Crippen molar-refractivity contribution in [1.82, 2.24) is 5.32 Å². The van der Waals surface area contributed by atoms with E-state index >= 15 is 0 Å². The Balaban J connectivity index is 4.23. The SMILES string of the molecule is C=C/C=C(\C=C/C)NC(=O)PO. The van der Waals surface area contributed by atoms with E-state index in [1.54, 1.807) is 24.3 Å². The first kappa shape index (κ1) is 11.1. The highest BCUT2D eigenvalue weighted by Crippen LogP contribution is 2.04. The Bertz CT molecular complexity index is 221. The maximum absolute atomic E-state index is 10.7. The summed E-state index contributed by atoms with van der Waals surface area (Å²) in [6.45, 7) is 5.33. The number of allylic oxidation sites excluding steroid dienone is 4. The van der Waals surface area contributed by atoms with Crippen molar-refractivity contribution in [2.24, 2.45) is 0 Å². The van der Waals surface area contributed by atoms with Gasteiger partial charge in [0.15, 0.2) is 0 Å². The van der Waals surface area contributed by atoms with Gasteiger partial charge in [0.05, 0.1) is 0 Å². The second-order valence-electron chi connectivity index (χ2n) is 1.92. The van der Waals surface area contributed by atoms with E-state index in [4.69, 9.17) is 4.89 Å². The third-order valence-corrected chi connectivity index (χ3v) is 1.33. The molecule has 0 bridgehead atoms. The molecule has 0 aliphatic carbocycles. The average molecular weight is 185 g/mol. The van der Waals surface area contributed by atoms with E-state index in [1.807, 2.05) is 6.92 Å². The Morgan fingerprint density at radius 1 is 1.67 bits per heavy atom. The molecule has 4 heteroatoms. The summed E-state index contributed by atoms with van der Waals surface area (Å²) in [6, 6.07) is 0. The number of hydrogen-bond donors (Lipinski definition) is 2. The molecule has 0 heterocycles. The summed E-state index contributed by atoms with van der Waals surface area (Å²) in [5, 5.41) is 2.49. The summed E-state index contributed by atoms with van der Waals surface area (Å²) in [5.74, 6) is 0. The van der Waals surface area contributed by atoms with Crippen LogP contribution in [0.5, 0.6) is 0 Å². The fourth-order valence-corrected chi connectivity index (χ4v) is 0.805. The number of carbonyl (C=O) groups excluding carboxylic acids is 1. The van der Waals surface area contributed by atoms with Crippen LogP contribution in [0.3, 0.4) is 0 Å². The second-order valence-corrected chi connectivity index (χ2v) is 2.60. The lowest BCUT2D eigenvalue weighted by molar-refractivity contribution is 0.261. The van der Waals surface area contributed by atoms with Gasteiger partial charge in [0.2, 0.25) is 0 Å². The molecule has 1 atom stereocenters. The maximum Gasteiger partial charge on any atom is 0.269 e. The van der Waals surface area contributed by atoms with Gasteiger partial charge in [-0.1, -0.05) is 18.7 Å². The van der Waals surface area contributed by atoms with E-state index < -0.39 is 14.5 Å². The molecule has 0 spiro atoms. The molecule has 2 N–H and O–H groups in total. The Labute approximate surface area is 73.7 Å². The van der Waals surface area contributed by atoms with Crippen LogP contribution in [0.2, 0.25) is 0 Å². The molecule has 1 amide bonds. The summed E-state index contributed by atoms with van der Waals surface area (Å²) in [6.07, 6.45) is 6.73. The van der Waals surface area contributed by atoms with Crippen LogP contribution in [0.15, 0.2) is 36.6 Å². The Hall–Kier alpha value is -0.920. The molecule has 0 aliphatic heterocycles. The highest BCUT2D eigenvalue weighted by molar-refractivity contribution is 7.52. The number of nitrogens with one attached hydrogen (secondary N) is 1. The first-order valence-corrected chi connectivity index (χ1v) is 4.35. The molecular weight excluding hydrogens is 173 g/mol. The molecule has 0 radical (unpaired) electrons. The number of carbonyl (C=O) groups is 1. The van der Waals surface area contributed by atoms with Crippen molar-refractivity contribution in [3.05, 3.63) is 36.6 Å². The van der Waals surface area contributed by atoms with Crippen LogP contribution in [-0.4, -0.2) is 10.5 Å². The maximum atomic E-state index is 10.7. The summed E-state index contributed by atoms with van der Waals surface area (Å²) in [7, 11) is -0.726. The molecular formula is C8H12NO2P. The highest BCUT2D eigenvalue weighted by atomic mass is 31.1. The van der Waals surface area contributed by atoms with Crippen molar-refractivity contribution in [3.63, 3.8) is 0 Å². The summed E-state index contributed by atoms with van der Waals surface area (Å²) < 4.78 is 0. The fourth-order valence-electron chi connectivity index (χ4n) is 0.604. The molecule has 0 rings (SSSR count). The van der Waals surface area contributed by atoms with E-state index in [2.05, 4.69) is 11.9 Å². The molecule has 3 nitrogen and oxygen atoms in total. The Kier molecular flexibility index (Phi) is 6.25. The van der Waals surface area contributed by atoms with Gasteiger partial charge in [-0.2, -0.15) is 0 Å². The third kappa shape index (κ3) is 4.83. The van der Waals surface area contributed by atoms with Gasteiger partial charge < -0.3 is 10.2 Å². The van der Waals surface area contributed by atoms with Crippen LogP contribution in [0.4, 0.5) is 4.79 Å². The van der Waals surface area contributed by atoms with Crippen LogP contribution in [-0.2, 0) is 0 Å². The molecule has 0 saturated heterocycles. The molecule has 12 heavy (non-hydrogen) atoms. The first-order valence-electron chi connectivity index (χ1n) is 3.41. The van der Waals surface area contributed by atoms with Gasteiger partial charge >= 0.3 is 0 Å². The van der Waals surface area contributed by atoms with Crippen LogP contribution < -0.4 is 5.32 Å². The van der Waals surface area contributed by atoms with E-state index in [0.717, 1.165) is 0 Å². The lowest BCUT2D eigenvalue weighted by atomic mass is 10.3. The number of hydrogen-bond acceptors (Lipinski definition) is 2. The van der Waals surface area contributed by atoms with Crippen LogP contribution in [0.25, 0.3) is 0 Å². The molecule has 0 saturated carbocycles. The van der Waals surface area contributed by atoms with Gasteiger partial charge in [-0.05, 0) is 19.1 Å². The molecule has 0 aromatic rings.